The molecule has 3 aliphatic heterocycles. The number of rotatable bonds is 4. The van der Waals surface area contributed by atoms with E-state index in [1.165, 1.54) is 18.2 Å². The van der Waals surface area contributed by atoms with Crippen molar-refractivity contribution in [3.8, 4) is 0 Å². The van der Waals surface area contributed by atoms with Gasteiger partial charge in [-0.25, -0.2) is 0 Å². The van der Waals surface area contributed by atoms with Gasteiger partial charge in [-0.15, -0.1) is 0 Å². The molecule has 5 rings (SSSR count). The summed E-state index contributed by atoms with van der Waals surface area (Å²) in [5, 5.41) is 1.18. The highest BCUT2D eigenvalue weighted by Crippen LogP contribution is 2.30. The first-order chi connectivity index (χ1) is 12.1. The van der Waals surface area contributed by atoms with Gasteiger partial charge in [-0.05, 0) is 30.9 Å². The molecule has 0 N–H and O–H groups in total. The van der Waals surface area contributed by atoms with E-state index in [1.807, 2.05) is 26.2 Å². The van der Waals surface area contributed by atoms with E-state index in [0.717, 1.165) is 37.5 Å². The minimum absolute atomic E-state index is 0.199. The Hall–Kier alpha value is -1.85. The molecule has 134 valence electrons. The van der Waals surface area contributed by atoms with Crippen LogP contribution in [-0.2, 0) is 11.3 Å². The summed E-state index contributed by atoms with van der Waals surface area (Å²) in [5.74, 6) is 1.90. The second-order valence-corrected chi connectivity index (χ2v) is 7.76. The minimum atomic E-state index is 0.199. The molecule has 3 aliphatic rings. The summed E-state index contributed by atoms with van der Waals surface area (Å²) in [6, 6.07) is 10.9. The zero-order valence-corrected chi connectivity index (χ0v) is 15.1. The molecule has 2 aromatic rings. The van der Waals surface area contributed by atoms with E-state index in [-0.39, 0.29) is 5.91 Å². The van der Waals surface area contributed by atoms with Gasteiger partial charge < -0.3 is 9.32 Å². The number of benzene rings is 1. The molecule has 0 aliphatic carbocycles. The van der Waals surface area contributed by atoms with E-state index in [1.54, 1.807) is 4.90 Å². The van der Waals surface area contributed by atoms with Gasteiger partial charge in [0, 0.05) is 45.2 Å². The number of piperidine rings is 1. The number of fused-ring (bicyclic) bond motifs is 5. The number of carbonyl (C=O) groups excluding carboxylic acids is 1. The number of hydrogen-bond donors (Lipinski definition) is 0. The first kappa shape index (κ1) is 16.6. The van der Waals surface area contributed by atoms with E-state index in [0.29, 0.717) is 18.5 Å². The Morgan fingerprint density at radius 2 is 2.04 bits per heavy atom. The molecule has 0 radical (unpaired) electrons. The van der Waals surface area contributed by atoms with Gasteiger partial charge >= 0.3 is 0 Å². The summed E-state index contributed by atoms with van der Waals surface area (Å²) in [7, 11) is 3.67. The van der Waals surface area contributed by atoms with Gasteiger partial charge in [-0.2, -0.15) is 0 Å². The Kier molecular flexibility index (Phi) is 4.52. The van der Waals surface area contributed by atoms with Gasteiger partial charge in [-0.1, -0.05) is 18.2 Å². The normalized spacial score (nSPS) is 24.6. The summed E-state index contributed by atoms with van der Waals surface area (Å²) < 4.78 is 6.03. The number of furan rings is 1. The van der Waals surface area contributed by atoms with Crippen LogP contribution in [0.25, 0.3) is 11.0 Å². The molecule has 0 unspecified atom stereocenters. The van der Waals surface area contributed by atoms with Crippen LogP contribution in [-0.4, -0.2) is 66.9 Å². The molecule has 0 spiro atoms. The molecule has 2 atom stereocenters. The molecule has 0 saturated carbocycles. The summed E-state index contributed by atoms with van der Waals surface area (Å²) in [6.45, 7) is 4.53. The highest BCUT2D eigenvalue weighted by atomic mass is 16.3. The molecule has 2 bridgehead atoms. The third-order valence-corrected chi connectivity index (χ3v) is 5.60. The molecule has 1 amide bonds. The van der Waals surface area contributed by atoms with Crippen molar-refractivity contribution in [1.29, 1.82) is 0 Å². The highest BCUT2D eigenvalue weighted by Gasteiger charge is 2.35. The second kappa shape index (κ2) is 6.81. The van der Waals surface area contributed by atoms with E-state index in [9.17, 15) is 4.79 Å². The maximum absolute atomic E-state index is 12.1. The lowest BCUT2D eigenvalue weighted by atomic mass is 9.95. The maximum atomic E-state index is 12.1. The van der Waals surface area contributed by atoms with Crippen LogP contribution in [0.1, 0.15) is 18.6 Å². The first-order valence-corrected chi connectivity index (χ1v) is 9.22. The molecular weight excluding hydrogens is 314 g/mol. The predicted molar refractivity (Wildman–Crippen MR) is 98.3 cm³/mol. The average molecular weight is 341 g/mol. The minimum Gasteiger partial charge on any atom is -0.460 e. The lowest BCUT2D eigenvalue weighted by molar-refractivity contribution is -0.130. The monoisotopic (exact) mass is 341 g/mol. The molecule has 1 aromatic heterocycles. The summed E-state index contributed by atoms with van der Waals surface area (Å²) >= 11 is 0. The van der Waals surface area contributed by atoms with Crippen LogP contribution in [0.5, 0.6) is 0 Å². The maximum Gasteiger partial charge on any atom is 0.236 e. The molecule has 25 heavy (non-hydrogen) atoms. The largest absolute Gasteiger partial charge is 0.460 e. The molecule has 4 heterocycles. The van der Waals surface area contributed by atoms with Crippen LogP contribution in [0.4, 0.5) is 0 Å². The number of carbonyl (C=O) groups is 1. The summed E-state index contributed by atoms with van der Waals surface area (Å²) in [4.78, 5) is 18.7. The van der Waals surface area contributed by atoms with Crippen molar-refractivity contribution < 1.29 is 9.21 Å². The molecular formula is C20H27N3O2. The topological polar surface area (TPSA) is 39.9 Å². The molecule has 3 fully saturated rings. The zero-order valence-electron chi connectivity index (χ0n) is 15.1. The van der Waals surface area contributed by atoms with Crippen LogP contribution in [0.2, 0.25) is 0 Å². The van der Waals surface area contributed by atoms with Crippen molar-refractivity contribution in [2.75, 3.05) is 40.3 Å². The fourth-order valence-electron chi connectivity index (χ4n) is 4.25. The number of amides is 1. The fraction of sp³-hybridized carbons (Fsp3) is 0.550. The van der Waals surface area contributed by atoms with Crippen molar-refractivity contribution in [2.24, 2.45) is 5.92 Å². The third-order valence-electron chi connectivity index (χ3n) is 5.60. The molecule has 5 heteroatoms. The molecule has 1 aromatic carbocycles. The Bertz CT molecular complexity index is 721. The second-order valence-electron chi connectivity index (χ2n) is 7.76. The van der Waals surface area contributed by atoms with Gasteiger partial charge in [0.25, 0.3) is 0 Å². The first-order valence-electron chi connectivity index (χ1n) is 9.22. The van der Waals surface area contributed by atoms with Gasteiger partial charge in [0.15, 0.2) is 0 Å². The third kappa shape index (κ3) is 3.58. The standard InChI is InChI=1S/C20H27N3O2/c1-21(2)20(24)14-22-10-15-7-8-17(12-22)23(11-15)13-18-9-16-5-3-4-6-19(16)25-18/h3-6,9,15,17H,7-8,10-14H2,1-2H3/t15-,17+/m0/s1. The smallest absolute Gasteiger partial charge is 0.236 e. The van der Waals surface area contributed by atoms with Crippen molar-refractivity contribution in [3.63, 3.8) is 0 Å². The Balaban J connectivity index is 1.46. The van der Waals surface area contributed by atoms with Crippen LogP contribution in [0.3, 0.4) is 0 Å². The van der Waals surface area contributed by atoms with Gasteiger partial charge in [-0.3, -0.25) is 14.6 Å². The van der Waals surface area contributed by atoms with Crippen molar-refractivity contribution in [2.45, 2.75) is 25.4 Å². The number of likely N-dealkylation sites (N-methyl/N-ethyl adjacent to an activating group) is 1. The van der Waals surface area contributed by atoms with E-state index in [4.69, 9.17) is 4.42 Å². The van der Waals surface area contributed by atoms with Crippen LogP contribution >= 0.6 is 0 Å². The number of nitrogens with zero attached hydrogens (tertiary/aromatic N) is 3. The van der Waals surface area contributed by atoms with Crippen molar-refractivity contribution in [1.82, 2.24) is 14.7 Å². The van der Waals surface area contributed by atoms with Gasteiger partial charge in [0.1, 0.15) is 11.3 Å². The summed E-state index contributed by atoms with van der Waals surface area (Å²) in [5.41, 5.74) is 0.968. The lowest BCUT2D eigenvalue weighted by Gasteiger charge is -2.35. The molecule has 5 nitrogen and oxygen atoms in total. The summed E-state index contributed by atoms with van der Waals surface area (Å²) in [6.07, 6.45) is 2.49. The zero-order chi connectivity index (χ0) is 17.4. The van der Waals surface area contributed by atoms with Crippen LogP contribution in [0, 0.1) is 5.92 Å². The highest BCUT2D eigenvalue weighted by molar-refractivity contribution is 5.78. The Morgan fingerprint density at radius 1 is 1.20 bits per heavy atom. The number of hydrogen-bond acceptors (Lipinski definition) is 4. The van der Waals surface area contributed by atoms with Crippen molar-refractivity contribution in [3.05, 3.63) is 36.1 Å². The molecule has 3 saturated heterocycles. The quantitative estimate of drug-likeness (QED) is 0.856. The van der Waals surface area contributed by atoms with Gasteiger partial charge in [0.2, 0.25) is 5.91 Å². The van der Waals surface area contributed by atoms with E-state index in [2.05, 4.69) is 28.0 Å². The Morgan fingerprint density at radius 3 is 2.84 bits per heavy atom. The Labute approximate surface area is 149 Å². The fourth-order valence-corrected chi connectivity index (χ4v) is 4.25. The van der Waals surface area contributed by atoms with Crippen LogP contribution in [0.15, 0.2) is 34.7 Å². The van der Waals surface area contributed by atoms with E-state index < -0.39 is 0 Å². The lowest BCUT2D eigenvalue weighted by Crippen LogP contribution is -2.44. The average Bonchev–Trinajstić information content (AvgIpc) is 2.79. The van der Waals surface area contributed by atoms with Crippen LogP contribution < -0.4 is 0 Å². The van der Waals surface area contributed by atoms with Gasteiger partial charge in [0.05, 0.1) is 13.1 Å². The van der Waals surface area contributed by atoms with Crippen molar-refractivity contribution >= 4 is 16.9 Å². The van der Waals surface area contributed by atoms with E-state index >= 15 is 0 Å². The number of para-hydroxylation sites is 1. The SMILES string of the molecule is CN(C)C(=O)CN1C[C@@H]2CC[C@H](C1)N(Cc1cc3ccccc3o1)C2. The predicted octanol–water partition coefficient (Wildman–Crippen LogP) is 2.42.